The number of alkyl halides is 3. The molecule has 7 nitrogen and oxygen atoms in total. The molecule has 0 saturated heterocycles. The second-order valence-electron chi connectivity index (χ2n) is 9.28. The van der Waals surface area contributed by atoms with E-state index in [2.05, 4.69) is 4.98 Å². The van der Waals surface area contributed by atoms with Gasteiger partial charge in [-0.3, -0.25) is 9.59 Å². The predicted molar refractivity (Wildman–Crippen MR) is 129 cm³/mol. The third kappa shape index (κ3) is 3.71. The zero-order chi connectivity index (χ0) is 25.9. The van der Waals surface area contributed by atoms with Crippen molar-refractivity contribution in [1.29, 1.82) is 0 Å². The molecule has 0 saturated carbocycles. The summed E-state index contributed by atoms with van der Waals surface area (Å²) in [4.78, 5) is 32.7. The number of aromatic nitrogens is 4. The second kappa shape index (κ2) is 8.39. The monoisotopic (exact) mass is 497 g/mol. The van der Waals surface area contributed by atoms with Crippen molar-refractivity contribution in [2.24, 2.45) is 0 Å². The first-order valence-corrected chi connectivity index (χ1v) is 11.8. The Labute approximate surface area is 205 Å². The number of nitrogens with zero attached hydrogens (tertiary/aromatic N) is 5. The summed E-state index contributed by atoms with van der Waals surface area (Å²) in [6.07, 6.45) is 0.648. The second-order valence-corrected chi connectivity index (χ2v) is 9.28. The van der Waals surface area contributed by atoms with Crippen LogP contribution < -0.4 is 5.56 Å². The largest absolute Gasteiger partial charge is 0.416 e. The van der Waals surface area contributed by atoms with Crippen LogP contribution in [0, 0.1) is 6.92 Å². The van der Waals surface area contributed by atoms with E-state index < -0.39 is 17.8 Å². The highest BCUT2D eigenvalue weighted by Crippen LogP contribution is 2.37. The van der Waals surface area contributed by atoms with E-state index in [1.54, 1.807) is 34.1 Å². The number of benzene rings is 1. The van der Waals surface area contributed by atoms with Crippen molar-refractivity contribution in [3.8, 4) is 5.69 Å². The molecule has 4 heterocycles. The molecule has 0 radical (unpaired) electrons. The normalized spacial score (nSPS) is 17.0. The number of carbonyl (C=O) groups excluding carboxylic acids is 1. The van der Waals surface area contributed by atoms with Crippen LogP contribution in [0.15, 0.2) is 53.8 Å². The average Bonchev–Trinajstić information content (AvgIpc) is 3.42. The number of imidazole rings is 1. The van der Waals surface area contributed by atoms with Crippen molar-refractivity contribution in [3.05, 3.63) is 81.9 Å². The fourth-order valence-electron chi connectivity index (χ4n) is 5.17. The van der Waals surface area contributed by atoms with Crippen LogP contribution >= 0.6 is 0 Å². The fourth-order valence-corrected chi connectivity index (χ4v) is 5.17. The minimum absolute atomic E-state index is 0.251. The third-order valence-electron chi connectivity index (χ3n) is 6.97. The van der Waals surface area contributed by atoms with Crippen molar-refractivity contribution < 1.29 is 18.0 Å². The number of halogens is 3. The Bertz CT molecular complexity index is 1550. The number of hydrogen-bond donors (Lipinski definition) is 0. The molecule has 1 aliphatic rings. The molecule has 0 spiro atoms. The van der Waals surface area contributed by atoms with Gasteiger partial charge >= 0.3 is 6.18 Å². The summed E-state index contributed by atoms with van der Waals surface area (Å²) in [7, 11) is 0. The Hall–Kier alpha value is -3.82. The Morgan fingerprint density at radius 2 is 1.89 bits per heavy atom. The summed E-state index contributed by atoms with van der Waals surface area (Å²) in [6, 6.07) is 6.08. The summed E-state index contributed by atoms with van der Waals surface area (Å²) in [6.45, 7) is 8.25. The minimum atomic E-state index is -4.47. The highest BCUT2D eigenvalue weighted by molar-refractivity contribution is 5.94. The van der Waals surface area contributed by atoms with Crippen molar-refractivity contribution in [1.82, 2.24) is 23.6 Å². The number of amides is 1. The number of fused-ring (bicyclic) bond motifs is 2. The average molecular weight is 498 g/mol. The van der Waals surface area contributed by atoms with Crippen molar-refractivity contribution in [3.63, 3.8) is 0 Å². The molecule has 1 unspecified atom stereocenters. The SMILES string of the molecule is CCn1cc([C@H](C)N2C(=O)c3ccc(-n4cnc(C)c4)c(=O)n3CC2C)c2cc(C(F)(F)F)ccc21. The first-order valence-electron chi connectivity index (χ1n) is 11.8. The molecule has 188 valence electrons. The first-order chi connectivity index (χ1) is 17.0. The fraction of sp³-hybridized carbons (Fsp3) is 0.346. The van der Waals surface area contributed by atoms with Crippen molar-refractivity contribution in [2.75, 3.05) is 0 Å². The molecular weight excluding hydrogens is 471 g/mol. The van der Waals surface area contributed by atoms with E-state index in [1.807, 2.05) is 38.5 Å². The van der Waals surface area contributed by atoms with E-state index in [9.17, 15) is 22.8 Å². The molecule has 4 aromatic rings. The van der Waals surface area contributed by atoms with Crippen LogP contribution in [0.1, 0.15) is 54.1 Å². The predicted octanol–water partition coefficient (Wildman–Crippen LogP) is 4.94. The van der Waals surface area contributed by atoms with E-state index in [0.29, 0.717) is 28.7 Å². The molecule has 1 amide bonds. The highest BCUT2D eigenvalue weighted by atomic mass is 19.4. The lowest BCUT2D eigenvalue weighted by molar-refractivity contribution is -0.137. The van der Waals surface area contributed by atoms with Crippen LogP contribution in [-0.2, 0) is 19.3 Å². The third-order valence-corrected chi connectivity index (χ3v) is 6.97. The van der Waals surface area contributed by atoms with Gasteiger partial charge in [-0.05, 0) is 63.6 Å². The summed E-state index contributed by atoms with van der Waals surface area (Å²) in [5.41, 5.74) is 1.71. The van der Waals surface area contributed by atoms with Gasteiger partial charge in [0.2, 0.25) is 0 Å². The van der Waals surface area contributed by atoms with Gasteiger partial charge < -0.3 is 18.6 Å². The highest BCUT2D eigenvalue weighted by Gasteiger charge is 2.36. The van der Waals surface area contributed by atoms with Gasteiger partial charge in [-0.2, -0.15) is 13.2 Å². The maximum atomic E-state index is 13.6. The maximum absolute atomic E-state index is 13.6. The molecule has 0 N–H and O–H groups in total. The lowest BCUT2D eigenvalue weighted by atomic mass is 10.0. The smallest absolute Gasteiger partial charge is 0.347 e. The zero-order valence-corrected chi connectivity index (χ0v) is 20.4. The summed E-state index contributed by atoms with van der Waals surface area (Å²) in [5.74, 6) is -0.337. The minimum Gasteiger partial charge on any atom is -0.347 e. The van der Waals surface area contributed by atoms with Gasteiger partial charge in [-0.15, -0.1) is 0 Å². The van der Waals surface area contributed by atoms with Crippen molar-refractivity contribution >= 4 is 16.8 Å². The zero-order valence-electron chi connectivity index (χ0n) is 20.4. The van der Waals surface area contributed by atoms with Crippen molar-refractivity contribution in [2.45, 2.75) is 59.0 Å². The van der Waals surface area contributed by atoms with Crippen LogP contribution in [-0.4, -0.2) is 35.5 Å². The van der Waals surface area contributed by atoms with Gasteiger partial charge in [0, 0.05) is 42.4 Å². The summed E-state index contributed by atoms with van der Waals surface area (Å²) in [5, 5.41) is 0.466. The Morgan fingerprint density at radius 3 is 2.53 bits per heavy atom. The lowest BCUT2D eigenvalue weighted by Crippen LogP contribution is -2.50. The quantitative estimate of drug-likeness (QED) is 0.401. The molecule has 1 aliphatic heterocycles. The van der Waals surface area contributed by atoms with E-state index in [0.717, 1.165) is 17.8 Å². The number of rotatable bonds is 4. The van der Waals surface area contributed by atoms with Crippen LogP contribution in [0.2, 0.25) is 0 Å². The molecule has 10 heteroatoms. The molecule has 1 aromatic carbocycles. The number of carbonyl (C=O) groups is 1. The van der Waals surface area contributed by atoms with Crippen LogP contribution in [0.3, 0.4) is 0 Å². The molecule has 36 heavy (non-hydrogen) atoms. The number of hydrogen-bond acceptors (Lipinski definition) is 3. The van der Waals surface area contributed by atoms with E-state index >= 15 is 0 Å². The standard InChI is InChI=1S/C26H26F3N5O2/c1-5-31-13-20(19-10-18(26(27,28)29)6-7-21(19)31)17(4)34-16(3)12-33-23(25(34)36)9-8-22(24(33)35)32-11-15(2)30-14-32/h6-11,13-14,16-17H,5,12H2,1-4H3/t16?,17-/m0/s1. The van der Waals surface area contributed by atoms with Gasteiger partial charge in [-0.1, -0.05) is 0 Å². The molecular formula is C26H26F3N5O2. The maximum Gasteiger partial charge on any atom is 0.416 e. The summed E-state index contributed by atoms with van der Waals surface area (Å²) < 4.78 is 45.4. The molecule has 0 aliphatic carbocycles. The molecule has 0 fully saturated rings. The summed E-state index contributed by atoms with van der Waals surface area (Å²) >= 11 is 0. The Morgan fingerprint density at radius 1 is 1.14 bits per heavy atom. The van der Waals surface area contributed by atoms with Crippen LogP contribution in [0.25, 0.3) is 16.6 Å². The van der Waals surface area contributed by atoms with Gasteiger partial charge in [-0.25, -0.2) is 4.98 Å². The van der Waals surface area contributed by atoms with Gasteiger partial charge in [0.1, 0.15) is 11.4 Å². The number of pyridine rings is 1. The number of aryl methyl sites for hydroxylation is 2. The van der Waals surface area contributed by atoms with Gasteiger partial charge in [0.05, 0.1) is 23.6 Å². The van der Waals surface area contributed by atoms with E-state index in [-0.39, 0.29) is 29.7 Å². The molecule has 5 rings (SSSR count). The molecule has 0 bridgehead atoms. The Kier molecular flexibility index (Phi) is 5.57. The van der Waals surface area contributed by atoms with Crippen LogP contribution in [0.5, 0.6) is 0 Å². The molecule has 3 aromatic heterocycles. The molecule has 2 atom stereocenters. The van der Waals surface area contributed by atoms with Crippen LogP contribution in [0.4, 0.5) is 13.2 Å². The first kappa shape index (κ1) is 23.9. The van der Waals surface area contributed by atoms with Gasteiger partial charge in [0.15, 0.2) is 0 Å². The van der Waals surface area contributed by atoms with E-state index in [1.165, 1.54) is 10.6 Å². The Balaban J connectivity index is 1.57. The van der Waals surface area contributed by atoms with E-state index in [4.69, 9.17) is 0 Å². The topological polar surface area (TPSA) is 65.1 Å². The lowest BCUT2D eigenvalue weighted by Gasteiger charge is -2.39. The van der Waals surface area contributed by atoms with Gasteiger partial charge in [0.25, 0.3) is 11.5 Å².